The third-order valence-corrected chi connectivity index (χ3v) is 12.2. The molecule has 3 aliphatic heterocycles. The molecule has 1 aromatic rings. The molecule has 3 unspecified atom stereocenters. The minimum atomic E-state index is -0.668. The summed E-state index contributed by atoms with van der Waals surface area (Å²) in [6.45, 7) is 12.0. The Labute approximate surface area is 263 Å². The number of para-hydroxylation sites is 1. The van der Waals surface area contributed by atoms with Crippen LogP contribution in [0.3, 0.4) is 0 Å². The molecule has 6 atom stereocenters. The second-order valence-electron chi connectivity index (χ2n) is 11.7. The quantitative estimate of drug-likeness (QED) is 0.137. The molecule has 9 heteroatoms. The number of halogens is 1. The van der Waals surface area contributed by atoms with Gasteiger partial charge in [0.1, 0.15) is 6.04 Å². The number of carbonyl (C=O) groups excluding carboxylic acids is 3. The molecule has 3 heterocycles. The van der Waals surface area contributed by atoms with Crippen molar-refractivity contribution in [1.82, 2.24) is 9.80 Å². The molecule has 2 bridgehead atoms. The zero-order chi connectivity index (χ0) is 30.3. The van der Waals surface area contributed by atoms with Gasteiger partial charge in [0.2, 0.25) is 17.7 Å². The average Bonchev–Trinajstić information content (AvgIpc) is 3.58. The molecule has 3 fully saturated rings. The maximum Gasteiger partial charge on any atom is 0.247 e. The Kier molecular flexibility index (Phi) is 11.8. The highest BCUT2D eigenvalue weighted by Crippen LogP contribution is 2.68. The minimum Gasteiger partial charge on any atom is -0.396 e. The van der Waals surface area contributed by atoms with Crippen LogP contribution >= 0.6 is 27.7 Å². The number of aliphatic hydroxyl groups is 1. The number of benzene rings is 1. The minimum absolute atomic E-state index is 0.0228. The van der Waals surface area contributed by atoms with Crippen LogP contribution in [0.15, 0.2) is 55.6 Å². The van der Waals surface area contributed by atoms with E-state index < -0.39 is 22.6 Å². The molecule has 7 nitrogen and oxygen atoms in total. The van der Waals surface area contributed by atoms with Crippen molar-refractivity contribution in [1.29, 1.82) is 0 Å². The van der Waals surface area contributed by atoms with Crippen LogP contribution in [0.25, 0.3) is 0 Å². The second-order valence-corrected chi connectivity index (χ2v) is 14.4. The highest BCUT2D eigenvalue weighted by molar-refractivity contribution is 9.09. The molecule has 3 amide bonds. The predicted molar refractivity (Wildman–Crippen MR) is 175 cm³/mol. The van der Waals surface area contributed by atoms with Crippen molar-refractivity contribution in [3.05, 3.63) is 55.6 Å². The number of thioether (sulfide) groups is 1. The van der Waals surface area contributed by atoms with E-state index >= 15 is 0 Å². The fourth-order valence-corrected chi connectivity index (χ4v) is 10.7. The summed E-state index contributed by atoms with van der Waals surface area (Å²) < 4.78 is -0.668. The molecular formula is C33H46BrN3O4S. The molecule has 1 spiro atoms. The summed E-state index contributed by atoms with van der Waals surface area (Å²) >= 11 is 5.58. The third kappa shape index (κ3) is 6.39. The Balaban J connectivity index is 1.71. The first kappa shape index (κ1) is 32.8. The van der Waals surface area contributed by atoms with Crippen molar-refractivity contribution in [3.8, 4) is 0 Å². The van der Waals surface area contributed by atoms with E-state index in [-0.39, 0.29) is 34.4 Å². The molecule has 4 rings (SSSR count). The molecule has 0 aromatic heterocycles. The second kappa shape index (κ2) is 15.1. The molecule has 1 aromatic carbocycles. The molecule has 230 valence electrons. The van der Waals surface area contributed by atoms with Crippen molar-refractivity contribution in [2.24, 2.45) is 11.8 Å². The molecule has 1 N–H and O–H groups in total. The van der Waals surface area contributed by atoms with Gasteiger partial charge in [-0.2, -0.15) is 0 Å². The van der Waals surface area contributed by atoms with E-state index in [9.17, 15) is 19.5 Å². The SMILES string of the molecule is C=CCN(CCCCC)C(=O)C1N(CCCCCCO)C(=O)[C@@H]2[C@H](C(=O)N(CC=C)c3ccccc3)[C@H]3SC12CC3Br. The van der Waals surface area contributed by atoms with E-state index in [1.165, 1.54) is 0 Å². The number of amides is 3. The number of hydrogen-bond acceptors (Lipinski definition) is 5. The largest absolute Gasteiger partial charge is 0.396 e. The van der Waals surface area contributed by atoms with Crippen molar-refractivity contribution >= 4 is 51.1 Å². The van der Waals surface area contributed by atoms with Crippen LogP contribution in [0.1, 0.15) is 58.3 Å². The van der Waals surface area contributed by atoms with E-state index in [1.807, 2.05) is 40.1 Å². The van der Waals surface area contributed by atoms with E-state index in [0.29, 0.717) is 32.6 Å². The lowest BCUT2D eigenvalue weighted by Crippen LogP contribution is -2.56. The molecular weight excluding hydrogens is 614 g/mol. The lowest BCUT2D eigenvalue weighted by Gasteiger charge is -2.38. The number of alkyl halides is 1. The van der Waals surface area contributed by atoms with Crippen LogP contribution in [-0.4, -0.2) is 86.3 Å². The summed E-state index contributed by atoms with van der Waals surface area (Å²) in [6, 6.07) is 8.93. The summed E-state index contributed by atoms with van der Waals surface area (Å²) in [5.74, 6) is -1.27. The molecule has 3 aliphatic rings. The van der Waals surface area contributed by atoms with Gasteiger partial charge in [0.05, 0.1) is 16.6 Å². The molecule has 0 radical (unpaired) electrons. The number of nitrogens with zero attached hydrogens (tertiary/aromatic N) is 3. The standard InChI is InChI=1S/C33H46BrN3O4S/c1-4-7-13-20-35(18-5-2)32(41)29-33-23-25(34)28(42-33)26(27(33)31(40)37(29)21-14-8-9-15-22-38)30(39)36(19-6-3)24-16-11-10-12-17-24/h5-6,10-12,16-17,25-29,38H,2-4,7-9,13-15,18-23H2,1H3/t25?,26-,27-,28-,29?,33?/m0/s1. The number of aliphatic hydroxyl groups excluding tert-OH is 1. The number of unbranched alkanes of at least 4 members (excludes halogenated alkanes) is 5. The first-order valence-electron chi connectivity index (χ1n) is 15.5. The van der Waals surface area contributed by atoms with Crippen molar-refractivity contribution in [2.45, 2.75) is 79.2 Å². The summed E-state index contributed by atoms with van der Waals surface area (Å²) in [5.41, 5.74) is 0.780. The smallest absolute Gasteiger partial charge is 0.247 e. The summed E-state index contributed by atoms with van der Waals surface area (Å²) in [5, 5.41) is 9.11. The Bertz CT molecular complexity index is 1120. The van der Waals surface area contributed by atoms with E-state index in [4.69, 9.17) is 0 Å². The Morgan fingerprint density at radius 3 is 2.45 bits per heavy atom. The zero-order valence-corrected chi connectivity index (χ0v) is 27.2. The summed E-state index contributed by atoms with van der Waals surface area (Å²) in [6.07, 6.45) is 10.4. The Morgan fingerprint density at radius 2 is 1.79 bits per heavy atom. The Hall–Kier alpha value is -2.10. The maximum atomic E-state index is 14.5. The normalized spacial score (nSPS) is 27.6. The van der Waals surface area contributed by atoms with Crippen molar-refractivity contribution < 1.29 is 19.5 Å². The van der Waals surface area contributed by atoms with E-state index in [2.05, 4.69) is 36.0 Å². The lowest BCUT2D eigenvalue weighted by molar-refractivity contribution is -0.142. The van der Waals surface area contributed by atoms with E-state index in [0.717, 1.165) is 50.6 Å². The van der Waals surface area contributed by atoms with Gasteiger partial charge in [0.15, 0.2) is 0 Å². The van der Waals surface area contributed by atoms with Gasteiger partial charge in [0.25, 0.3) is 0 Å². The zero-order valence-electron chi connectivity index (χ0n) is 24.8. The predicted octanol–water partition coefficient (Wildman–Crippen LogP) is 5.43. The van der Waals surface area contributed by atoms with Gasteiger partial charge in [-0.1, -0.05) is 78.9 Å². The summed E-state index contributed by atoms with van der Waals surface area (Å²) in [4.78, 5) is 48.8. The van der Waals surface area contributed by atoms with E-state index in [1.54, 1.807) is 28.8 Å². The average molecular weight is 661 g/mol. The fourth-order valence-electron chi connectivity index (χ4n) is 7.09. The van der Waals surface area contributed by atoms with Gasteiger partial charge >= 0.3 is 0 Å². The third-order valence-electron chi connectivity index (χ3n) is 8.95. The van der Waals surface area contributed by atoms with Gasteiger partial charge < -0.3 is 19.8 Å². The van der Waals surface area contributed by atoms with Crippen LogP contribution < -0.4 is 4.90 Å². The van der Waals surface area contributed by atoms with Gasteiger partial charge in [-0.05, 0) is 37.8 Å². The van der Waals surface area contributed by atoms with Crippen molar-refractivity contribution in [2.75, 3.05) is 37.7 Å². The van der Waals surface area contributed by atoms with Gasteiger partial charge in [-0.25, -0.2) is 0 Å². The molecule has 42 heavy (non-hydrogen) atoms. The Morgan fingerprint density at radius 1 is 1.07 bits per heavy atom. The topological polar surface area (TPSA) is 81.2 Å². The number of hydrogen-bond donors (Lipinski definition) is 1. The molecule has 0 saturated carbocycles. The van der Waals surface area contributed by atoms with Crippen LogP contribution in [0, 0.1) is 11.8 Å². The first-order chi connectivity index (χ1) is 20.4. The fraction of sp³-hybridized carbons (Fsp3) is 0.606. The first-order valence-corrected chi connectivity index (χ1v) is 17.3. The molecule has 0 aliphatic carbocycles. The van der Waals surface area contributed by atoms with Crippen LogP contribution in [0.5, 0.6) is 0 Å². The van der Waals surface area contributed by atoms with Gasteiger partial charge in [0, 0.05) is 48.6 Å². The van der Waals surface area contributed by atoms with Crippen molar-refractivity contribution in [3.63, 3.8) is 0 Å². The monoisotopic (exact) mass is 659 g/mol. The van der Waals surface area contributed by atoms with Crippen LogP contribution in [0.4, 0.5) is 5.69 Å². The number of fused-ring (bicyclic) bond motifs is 1. The summed E-state index contributed by atoms with van der Waals surface area (Å²) in [7, 11) is 0. The van der Waals surface area contributed by atoms with Crippen LogP contribution in [-0.2, 0) is 14.4 Å². The van der Waals surface area contributed by atoms with Gasteiger partial charge in [-0.15, -0.1) is 24.9 Å². The number of rotatable bonds is 17. The molecule has 3 saturated heterocycles. The lowest BCUT2D eigenvalue weighted by atomic mass is 9.70. The maximum absolute atomic E-state index is 14.5. The number of carbonyl (C=O) groups is 3. The highest BCUT2D eigenvalue weighted by atomic mass is 79.9. The number of likely N-dealkylation sites (tertiary alicyclic amines) is 1. The van der Waals surface area contributed by atoms with Crippen LogP contribution in [0.2, 0.25) is 0 Å². The number of anilines is 1. The van der Waals surface area contributed by atoms with Gasteiger partial charge in [-0.3, -0.25) is 14.4 Å². The highest BCUT2D eigenvalue weighted by Gasteiger charge is 2.76.